The lowest BCUT2D eigenvalue weighted by Crippen LogP contribution is -2.58. The summed E-state index contributed by atoms with van der Waals surface area (Å²) in [6, 6.07) is -5.64. The number of aliphatic hydroxyl groups is 2. The molecule has 0 aliphatic heterocycles. The highest BCUT2D eigenvalue weighted by Crippen LogP contribution is 2.00. The molecule has 14 heteroatoms. The second kappa shape index (κ2) is 12.9. The lowest BCUT2D eigenvalue weighted by molar-refractivity contribution is -0.143. The number of aliphatic hydroxyl groups excluding tert-OH is 2. The first kappa shape index (κ1) is 25.6. The van der Waals surface area contributed by atoms with E-state index in [0.29, 0.717) is 0 Å². The van der Waals surface area contributed by atoms with E-state index in [0.717, 1.165) is 0 Å². The highest BCUT2D eigenvalue weighted by Gasteiger charge is 2.29. The zero-order valence-electron chi connectivity index (χ0n) is 14.7. The van der Waals surface area contributed by atoms with E-state index in [1.807, 2.05) is 5.32 Å². The molecule has 0 saturated heterocycles. The molecule has 13 nitrogen and oxygen atoms in total. The maximum absolute atomic E-state index is 12.2. The number of thiol groups is 1. The molecule has 0 aliphatic rings. The minimum Gasteiger partial charge on any atom is -0.481 e. The third-order valence-electron chi connectivity index (χ3n) is 3.43. The minimum absolute atomic E-state index is 0.203. The molecule has 28 heavy (non-hydrogen) atoms. The number of rotatable bonds is 13. The maximum Gasteiger partial charge on any atom is 0.326 e. The monoisotopic (exact) mass is 424 g/mol. The molecular formula is C14H24N4O9S. The Kier molecular flexibility index (Phi) is 11.8. The van der Waals surface area contributed by atoms with Gasteiger partial charge in [0.15, 0.2) is 0 Å². The lowest BCUT2D eigenvalue weighted by atomic mass is 10.1. The summed E-state index contributed by atoms with van der Waals surface area (Å²) in [6.07, 6.45) is -0.927. The highest BCUT2D eigenvalue weighted by atomic mass is 32.1. The van der Waals surface area contributed by atoms with Crippen molar-refractivity contribution in [1.82, 2.24) is 16.0 Å². The van der Waals surface area contributed by atoms with E-state index < -0.39 is 79.9 Å². The molecule has 0 fully saturated rings. The largest absolute Gasteiger partial charge is 0.481 e. The zero-order chi connectivity index (χ0) is 21.9. The third-order valence-corrected chi connectivity index (χ3v) is 3.79. The van der Waals surface area contributed by atoms with Gasteiger partial charge in [0.05, 0.1) is 13.2 Å². The molecule has 3 amide bonds. The van der Waals surface area contributed by atoms with Crippen molar-refractivity contribution in [2.75, 3.05) is 19.0 Å². The van der Waals surface area contributed by atoms with Crippen LogP contribution in [0, 0.1) is 0 Å². The van der Waals surface area contributed by atoms with Crippen LogP contribution in [0.5, 0.6) is 0 Å². The molecule has 0 aromatic carbocycles. The van der Waals surface area contributed by atoms with Crippen LogP contribution in [0.1, 0.15) is 12.8 Å². The van der Waals surface area contributed by atoms with Crippen molar-refractivity contribution in [3.05, 3.63) is 0 Å². The quantitative estimate of drug-likeness (QED) is 0.129. The Hall–Kier alpha value is -2.42. The number of carbonyl (C=O) groups excluding carboxylic acids is 3. The molecule has 4 atom stereocenters. The van der Waals surface area contributed by atoms with Gasteiger partial charge in [-0.15, -0.1) is 0 Å². The van der Waals surface area contributed by atoms with Crippen LogP contribution in [0.15, 0.2) is 0 Å². The first-order valence-electron chi connectivity index (χ1n) is 8.01. The number of carbonyl (C=O) groups is 5. The summed E-state index contributed by atoms with van der Waals surface area (Å²) < 4.78 is 0. The molecule has 0 aliphatic carbocycles. The molecule has 0 rings (SSSR count). The van der Waals surface area contributed by atoms with Crippen LogP contribution in [-0.4, -0.2) is 93.2 Å². The first-order valence-corrected chi connectivity index (χ1v) is 8.64. The van der Waals surface area contributed by atoms with Crippen LogP contribution in [0.3, 0.4) is 0 Å². The fraction of sp³-hybridized carbons (Fsp3) is 0.643. The Bertz CT molecular complexity index is 589. The van der Waals surface area contributed by atoms with Gasteiger partial charge in [-0.2, -0.15) is 12.6 Å². The van der Waals surface area contributed by atoms with Crippen LogP contribution in [0.4, 0.5) is 0 Å². The van der Waals surface area contributed by atoms with E-state index >= 15 is 0 Å². The number of amides is 3. The molecule has 4 unspecified atom stereocenters. The van der Waals surface area contributed by atoms with Gasteiger partial charge in [-0.3, -0.25) is 19.2 Å². The van der Waals surface area contributed by atoms with Gasteiger partial charge in [0.25, 0.3) is 0 Å². The summed E-state index contributed by atoms with van der Waals surface area (Å²) >= 11 is 3.88. The molecule has 0 heterocycles. The SMILES string of the molecule is NC(CO)C(=O)NC(CS)C(=O)NC(CO)C(=O)NC(CCC(=O)O)C(=O)O. The summed E-state index contributed by atoms with van der Waals surface area (Å²) in [5.74, 6) is -5.78. The maximum atomic E-state index is 12.2. The molecule has 0 aromatic heterocycles. The van der Waals surface area contributed by atoms with E-state index in [1.54, 1.807) is 0 Å². The molecule has 0 bridgehead atoms. The molecule has 9 N–H and O–H groups in total. The van der Waals surface area contributed by atoms with E-state index in [9.17, 15) is 29.1 Å². The normalized spacial score (nSPS) is 14.9. The Balaban J connectivity index is 4.96. The zero-order valence-corrected chi connectivity index (χ0v) is 15.6. The van der Waals surface area contributed by atoms with E-state index in [1.165, 1.54) is 0 Å². The van der Waals surface area contributed by atoms with Crippen LogP contribution in [0.2, 0.25) is 0 Å². The minimum atomic E-state index is -1.56. The van der Waals surface area contributed by atoms with Gasteiger partial charge in [-0.25, -0.2) is 4.79 Å². The Morgan fingerprint density at radius 2 is 1.32 bits per heavy atom. The average molecular weight is 424 g/mol. The van der Waals surface area contributed by atoms with Gasteiger partial charge < -0.3 is 42.1 Å². The summed E-state index contributed by atoms with van der Waals surface area (Å²) in [6.45, 7) is -1.56. The highest BCUT2D eigenvalue weighted by molar-refractivity contribution is 7.80. The topological polar surface area (TPSA) is 228 Å². The fourth-order valence-electron chi connectivity index (χ4n) is 1.82. The number of hydrogen-bond donors (Lipinski definition) is 9. The van der Waals surface area contributed by atoms with Crippen LogP contribution >= 0.6 is 12.6 Å². The summed E-state index contributed by atoms with van der Waals surface area (Å²) in [5.41, 5.74) is 5.31. The van der Waals surface area contributed by atoms with Gasteiger partial charge in [-0.05, 0) is 6.42 Å². The molecule has 0 saturated carbocycles. The fourth-order valence-corrected chi connectivity index (χ4v) is 2.08. The van der Waals surface area contributed by atoms with Crippen molar-refractivity contribution in [1.29, 1.82) is 0 Å². The molecule has 160 valence electrons. The Morgan fingerprint density at radius 3 is 1.75 bits per heavy atom. The number of nitrogens with one attached hydrogen (secondary N) is 3. The number of nitrogens with two attached hydrogens (primary N) is 1. The second-order valence-corrected chi connectivity index (χ2v) is 5.97. The Labute approximate surface area is 165 Å². The number of aliphatic carboxylic acids is 2. The third kappa shape index (κ3) is 8.98. The van der Waals surface area contributed by atoms with Crippen molar-refractivity contribution in [3.8, 4) is 0 Å². The summed E-state index contributed by atoms with van der Waals surface area (Å²) in [4.78, 5) is 57.5. The van der Waals surface area contributed by atoms with Crippen LogP contribution in [0.25, 0.3) is 0 Å². The van der Waals surface area contributed by atoms with Crippen LogP contribution in [-0.2, 0) is 24.0 Å². The molecule has 0 radical (unpaired) electrons. The van der Waals surface area contributed by atoms with Gasteiger partial charge >= 0.3 is 11.9 Å². The average Bonchev–Trinajstić information content (AvgIpc) is 2.65. The predicted molar refractivity (Wildman–Crippen MR) is 96.3 cm³/mol. The number of carboxylic acids is 2. The van der Waals surface area contributed by atoms with Crippen molar-refractivity contribution in [3.63, 3.8) is 0 Å². The van der Waals surface area contributed by atoms with Crippen molar-refractivity contribution < 1.29 is 44.4 Å². The number of hydrogen-bond acceptors (Lipinski definition) is 9. The first-order chi connectivity index (χ1) is 13.1. The second-order valence-electron chi connectivity index (χ2n) is 5.61. The van der Waals surface area contributed by atoms with Gasteiger partial charge in [-0.1, -0.05) is 0 Å². The molecule has 0 spiro atoms. The van der Waals surface area contributed by atoms with Gasteiger partial charge in [0, 0.05) is 12.2 Å². The van der Waals surface area contributed by atoms with Crippen molar-refractivity contribution in [2.45, 2.75) is 37.0 Å². The lowest BCUT2D eigenvalue weighted by Gasteiger charge is -2.23. The standard InChI is InChI=1S/C14H24N4O9S/c15-6(3-19)11(23)18-9(5-28)13(25)17-8(4-20)12(24)16-7(14(26)27)1-2-10(21)22/h6-9,19-20,28H,1-5,15H2,(H,16,24)(H,17,25)(H,18,23)(H,21,22)(H,26,27). The smallest absolute Gasteiger partial charge is 0.326 e. The van der Waals surface area contributed by atoms with Gasteiger partial charge in [0.2, 0.25) is 17.7 Å². The van der Waals surface area contributed by atoms with E-state index in [4.69, 9.17) is 21.1 Å². The van der Waals surface area contributed by atoms with Gasteiger partial charge in [0.1, 0.15) is 24.2 Å². The molecule has 0 aromatic rings. The van der Waals surface area contributed by atoms with Crippen molar-refractivity contribution >= 4 is 42.3 Å². The van der Waals surface area contributed by atoms with Crippen molar-refractivity contribution in [2.24, 2.45) is 5.73 Å². The van der Waals surface area contributed by atoms with Crippen LogP contribution < -0.4 is 21.7 Å². The van der Waals surface area contributed by atoms with E-state index in [2.05, 4.69) is 23.3 Å². The summed E-state index contributed by atoms with van der Waals surface area (Å²) in [5, 5.41) is 42.1. The predicted octanol–water partition coefficient (Wildman–Crippen LogP) is -4.37. The Morgan fingerprint density at radius 1 is 0.821 bits per heavy atom. The summed E-state index contributed by atoms with van der Waals surface area (Å²) in [7, 11) is 0. The van der Waals surface area contributed by atoms with E-state index in [-0.39, 0.29) is 5.75 Å². The number of carboxylic acid groups (broad SMARTS) is 2. The molecular weight excluding hydrogens is 400 g/mol.